The van der Waals surface area contributed by atoms with E-state index in [1.807, 2.05) is 18.2 Å². The van der Waals surface area contributed by atoms with Crippen LogP contribution in [0.25, 0.3) is 0 Å². The molecule has 118 valence electrons. The fourth-order valence-electron chi connectivity index (χ4n) is 3.04. The molecule has 0 aliphatic carbocycles. The van der Waals surface area contributed by atoms with Gasteiger partial charge in [0, 0.05) is 18.6 Å². The molecule has 1 aliphatic heterocycles. The second-order valence-corrected chi connectivity index (χ2v) is 6.01. The number of hydrogen-bond acceptors (Lipinski definition) is 4. The summed E-state index contributed by atoms with van der Waals surface area (Å²) in [4.78, 5) is 2.48. The lowest BCUT2D eigenvalue weighted by Crippen LogP contribution is -2.44. The van der Waals surface area contributed by atoms with Crippen molar-refractivity contribution in [2.24, 2.45) is 0 Å². The molecule has 1 fully saturated rings. The summed E-state index contributed by atoms with van der Waals surface area (Å²) in [6.07, 6.45) is 2.41. The van der Waals surface area contributed by atoms with Gasteiger partial charge in [0.15, 0.2) is 0 Å². The first-order chi connectivity index (χ1) is 10.1. The number of hydrogen-bond donors (Lipinski definition) is 1. The van der Waals surface area contributed by atoms with E-state index in [4.69, 9.17) is 9.47 Å². The van der Waals surface area contributed by atoms with Crippen molar-refractivity contribution in [3.8, 4) is 11.5 Å². The molecule has 4 nitrogen and oxygen atoms in total. The van der Waals surface area contributed by atoms with Gasteiger partial charge in [0.2, 0.25) is 0 Å². The fraction of sp³-hybridized carbons (Fsp3) is 0.647. The molecule has 0 atom stereocenters. The zero-order valence-corrected chi connectivity index (χ0v) is 13.7. The number of nitrogens with zero attached hydrogens (tertiary/aromatic N) is 1. The van der Waals surface area contributed by atoms with Gasteiger partial charge in [0.05, 0.1) is 19.8 Å². The van der Waals surface area contributed by atoms with E-state index in [-0.39, 0.29) is 0 Å². The van der Waals surface area contributed by atoms with Crippen LogP contribution < -0.4 is 14.8 Å². The first kappa shape index (κ1) is 16.1. The third-order valence-corrected chi connectivity index (χ3v) is 4.07. The lowest BCUT2D eigenvalue weighted by molar-refractivity contribution is 0.183. The third-order valence-electron chi connectivity index (χ3n) is 4.07. The quantitative estimate of drug-likeness (QED) is 0.874. The Morgan fingerprint density at radius 2 is 1.71 bits per heavy atom. The van der Waals surface area contributed by atoms with E-state index >= 15 is 0 Å². The summed E-state index contributed by atoms with van der Waals surface area (Å²) in [5, 5.41) is 3.64. The lowest BCUT2D eigenvalue weighted by atomic mass is 10.0. The number of benzene rings is 1. The maximum Gasteiger partial charge on any atom is 0.127 e. The van der Waals surface area contributed by atoms with Crippen LogP contribution in [0, 0.1) is 0 Å². The molecule has 1 aromatic carbocycles. The number of nitrogens with one attached hydrogen (secondary N) is 1. The van der Waals surface area contributed by atoms with Gasteiger partial charge in [0.1, 0.15) is 11.5 Å². The molecule has 0 spiro atoms. The molecule has 1 saturated heterocycles. The lowest BCUT2D eigenvalue weighted by Gasteiger charge is -2.33. The van der Waals surface area contributed by atoms with Crippen molar-refractivity contribution >= 4 is 0 Å². The molecule has 1 N–H and O–H groups in total. The van der Waals surface area contributed by atoms with Gasteiger partial charge in [-0.05, 0) is 38.1 Å². The molecule has 0 amide bonds. The van der Waals surface area contributed by atoms with E-state index in [2.05, 4.69) is 24.1 Å². The van der Waals surface area contributed by atoms with Crippen molar-refractivity contribution < 1.29 is 9.47 Å². The van der Waals surface area contributed by atoms with E-state index in [1.54, 1.807) is 14.2 Å². The molecule has 1 aromatic rings. The maximum atomic E-state index is 5.48. The van der Waals surface area contributed by atoms with Gasteiger partial charge in [-0.25, -0.2) is 0 Å². The van der Waals surface area contributed by atoms with Gasteiger partial charge >= 0.3 is 0 Å². The number of piperidine rings is 1. The van der Waals surface area contributed by atoms with Crippen molar-refractivity contribution in [2.45, 2.75) is 45.3 Å². The largest absolute Gasteiger partial charge is 0.496 e. The van der Waals surface area contributed by atoms with Gasteiger partial charge in [-0.1, -0.05) is 19.9 Å². The summed E-state index contributed by atoms with van der Waals surface area (Å²) < 4.78 is 11.0. The highest BCUT2D eigenvalue weighted by molar-refractivity contribution is 5.44. The van der Waals surface area contributed by atoms with Crippen LogP contribution in [0.1, 0.15) is 32.3 Å². The van der Waals surface area contributed by atoms with Gasteiger partial charge in [-0.15, -0.1) is 0 Å². The predicted molar refractivity (Wildman–Crippen MR) is 86.1 cm³/mol. The van der Waals surface area contributed by atoms with Crippen LogP contribution in [0.3, 0.4) is 0 Å². The highest BCUT2D eigenvalue weighted by atomic mass is 16.5. The number of methoxy groups -OCH3 is 2. The van der Waals surface area contributed by atoms with Gasteiger partial charge < -0.3 is 14.8 Å². The standard InChI is InChI=1S/C17H28N2O2/c1-13(2)18-14-8-10-19(11-9-14)12-15-16(20-3)6-5-7-17(15)21-4/h5-7,13-14,18H,8-12H2,1-4H3. The van der Waals surface area contributed by atoms with E-state index < -0.39 is 0 Å². The third kappa shape index (κ3) is 4.35. The SMILES string of the molecule is COc1cccc(OC)c1CN1CCC(NC(C)C)CC1. The van der Waals surface area contributed by atoms with Crippen LogP contribution >= 0.6 is 0 Å². The minimum absolute atomic E-state index is 0.566. The molecule has 0 saturated carbocycles. The highest BCUT2D eigenvalue weighted by Crippen LogP contribution is 2.30. The molecule has 0 radical (unpaired) electrons. The molecule has 0 aromatic heterocycles. The predicted octanol–water partition coefficient (Wildman–Crippen LogP) is 2.67. The molecule has 0 bridgehead atoms. The zero-order chi connectivity index (χ0) is 15.2. The van der Waals surface area contributed by atoms with Crippen molar-refractivity contribution in [1.29, 1.82) is 0 Å². The number of ether oxygens (including phenoxy) is 2. The molecular formula is C17H28N2O2. The Morgan fingerprint density at radius 3 is 2.19 bits per heavy atom. The fourth-order valence-corrected chi connectivity index (χ4v) is 3.04. The van der Waals surface area contributed by atoms with Crippen molar-refractivity contribution in [3.63, 3.8) is 0 Å². The van der Waals surface area contributed by atoms with E-state index in [0.717, 1.165) is 36.7 Å². The molecule has 4 heteroatoms. The molecule has 21 heavy (non-hydrogen) atoms. The summed E-state index contributed by atoms with van der Waals surface area (Å²) >= 11 is 0. The maximum absolute atomic E-state index is 5.48. The second-order valence-electron chi connectivity index (χ2n) is 6.01. The smallest absolute Gasteiger partial charge is 0.127 e. The zero-order valence-electron chi connectivity index (χ0n) is 13.7. The number of likely N-dealkylation sites (tertiary alicyclic amines) is 1. The summed E-state index contributed by atoms with van der Waals surface area (Å²) in [5.41, 5.74) is 1.15. The average molecular weight is 292 g/mol. The molecule has 2 rings (SSSR count). The monoisotopic (exact) mass is 292 g/mol. The van der Waals surface area contributed by atoms with Crippen LogP contribution in [0.2, 0.25) is 0 Å². The molecule has 1 aliphatic rings. The van der Waals surface area contributed by atoms with E-state index in [0.29, 0.717) is 12.1 Å². The first-order valence-corrected chi connectivity index (χ1v) is 7.82. The number of rotatable bonds is 6. The van der Waals surface area contributed by atoms with Crippen molar-refractivity contribution in [2.75, 3.05) is 27.3 Å². The Kier molecular flexibility index (Phi) is 5.88. The highest BCUT2D eigenvalue weighted by Gasteiger charge is 2.21. The first-order valence-electron chi connectivity index (χ1n) is 7.82. The van der Waals surface area contributed by atoms with Crippen LogP contribution in [-0.2, 0) is 6.54 Å². The van der Waals surface area contributed by atoms with Crippen LogP contribution in [-0.4, -0.2) is 44.3 Å². The second kappa shape index (κ2) is 7.66. The van der Waals surface area contributed by atoms with Crippen molar-refractivity contribution in [1.82, 2.24) is 10.2 Å². The van der Waals surface area contributed by atoms with E-state index in [1.165, 1.54) is 12.8 Å². The van der Waals surface area contributed by atoms with E-state index in [9.17, 15) is 0 Å². The molecular weight excluding hydrogens is 264 g/mol. The minimum Gasteiger partial charge on any atom is -0.496 e. The van der Waals surface area contributed by atoms with Crippen LogP contribution in [0.5, 0.6) is 11.5 Å². The van der Waals surface area contributed by atoms with Crippen LogP contribution in [0.4, 0.5) is 0 Å². The summed E-state index contributed by atoms with van der Waals surface area (Å²) in [7, 11) is 3.44. The molecule has 0 unspecified atom stereocenters. The minimum atomic E-state index is 0.566. The Labute approximate surface area is 128 Å². The van der Waals surface area contributed by atoms with Gasteiger partial charge in [-0.3, -0.25) is 4.90 Å². The Balaban J connectivity index is 1.97. The van der Waals surface area contributed by atoms with Crippen molar-refractivity contribution in [3.05, 3.63) is 23.8 Å². The topological polar surface area (TPSA) is 33.7 Å². The summed E-state index contributed by atoms with van der Waals surface area (Å²) in [6, 6.07) is 7.20. The Bertz CT molecular complexity index is 418. The van der Waals surface area contributed by atoms with Crippen LogP contribution in [0.15, 0.2) is 18.2 Å². The Hall–Kier alpha value is -1.26. The summed E-state index contributed by atoms with van der Waals surface area (Å²) in [5.74, 6) is 1.83. The van der Waals surface area contributed by atoms with Gasteiger partial charge in [-0.2, -0.15) is 0 Å². The Morgan fingerprint density at radius 1 is 1.14 bits per heavy atom. The van der Waals surface area contributed by atoms with Gasteiger partial charge in [0.25, 0.3) is 0 Å². The normalized spacial score (nSPS) is 17.2. The molecule has 1 heterocycles. The average Bonchev–Trinajstić information content (AvgIpc) is 2.49. The summed E-state index contributed by atoms with van der Waals surface area (Å²) in [6.45, 7) is 7.55.